The van der Waals surface area contributed by atoms with Gasteiger partial charge in [-0.3, -0.25) is 4.79 Å². The van der Waals surface area contributed by atoms with Gasteiger partial charge in [0.2, 0.25) is 5.95 Å². The fourth-order valence-electron chi connectivity index (χ4n) is 0.443. The van der Waals surface area contributed by atoms with Crippen LogP contribution in [0.2, 0.25) is 0 Å². The van der Waals surface area contributed by atoms with Gasteiger partial charge in [0.05, 0.1) is 12.4 Å². The summed E-state index contributed by atoms with van der Waals surface area (Å²) in [6.45, 7) is 0.300. The third-order valence-corrected chi connectivity index (χ3v) is 0.832. The Balaban J connectivity index is 2.78. The summed E-state index contributed by atoms with van der Waals surface area (Å²) in [4.78, 5) is 16.9. The third-order valence-electron chi connectivity index (χ3n) is 0.832. The number of carbonyl (C=O) groups is 1. The lowest BCUT2D eigenvalue weighted by atomic mass is 10.6. The molecule has 0 aliphatic rings. The van der Waals surface area contributed by atoms with Gasteiger partial charge in [-0.05, 0) is 0 Å². The lowest BCUT2D eigenvalue weighted by Crippen LogP contribution is -1.95. The van der Waals surface area contributed by atoms with Crippen LogP contribution in [0.25, 0.3) is 0 Å². The molecule has 0 radical (unpaired) electrons. The van der Waals surface area contributed by atoms with Crippen molar-refractivity contribution in [2.24, 2.45) is 0 Å². The van der Waals surface area contributed by atoms with Crippen LogP contribution in [0.3, 0.4) is 0 Å². The minimum Gasteiger partial charge on any atom is -0.425 e. The summed E-state index contributed by atoms with van der Waals surface area (Å²) in [5.74, 6) is 0.433. The van der Waals surface area contributed by atoms with Gasteiger partial charge in [0.25, 0.3) is 6.47 Å². The van der Waals surface area contributed by atoms with E-state index in [1.807, 2.05) is 0 Å². The van der Waals surface area contributed by atoms with Crippen LogP contribution in [0.5, 0.6) is 5.75 Å². The van der Waals surface area contributed by atoms with Gasteiger partial charge in [-0.2, -0.15) is 0 Å². The predicted octanol–water partition coefficient (Wildman–Crippen LogP) is -0.406. The summed E-state index contributed by atoms with van der Waals surface area (Å²) >= 11 is 0. The molecule has 0 aliphatic carbocycles. The highest BCUT2D eigenvalue weighted by Gasteiger charge is 1.91. The first-order chi connectivity index (χ1) is 4.83. The first-order valence-electron chi connectivity index (χ1n) is 2.51. The molecule has 0 aliphatic heterocycles. The molecule has 0 amide bonds. The number of nitrogens with zero attached hydrogens (tertiary/aromatic N) is 2. The molecule has 52 valence electrons. The minimum absolute atomic E-state index is 0.151. The van der Waals surface area contributed by atoms with E-state index < -0.39 is 0 Å². The molecule has 10 heavy (non-hydrogen) atoms. The highest BCUT2D eigenvalue weighted by molar-refractivity contribution is 5.43. The van der Waals surface area contributed by atoms with Gasteiger partial charge in [-0.25, -0.2) is 9.97 Å². The van der Waals surface area contributed by atoms with Crippen molar-refractivity contribution >= 4 is 12.4 Å². The number of rotatable bonds is 2. The third kappa shape index (κ3) is 1.41. The standard InChI is InChI=1S/C5H5N3O2/c6-5-7-1-4(2-8-5)10-3-9/h1-3H,(H2,6,7,8). The van der Waals surface area contributed by atoms with Crippen molar-refractivity contribution in [3.8, 4) is 5.75 Å². The largest absolute Gasteiger partial charge is 0.425 e. The van der Waals surface area contributed by atoms with Crippen molar-refractivity contribution in [2.45, 2.75) is 0 Å². The maximum Gasteiger partial charge on any atom is 0.298 e. The Morgan fingerprint density at radius 1 is 1.50 bits per heavy atom. The highest BCUT2D eigenvalue weighted by Crippen LogP contribution is 2.04. The number of nitrogen functional groups attached to an aromatic ring is 1. The first kappa shape index (κ1) is 6.47. The van der Waals surface area contributed by atoms with Crippen molar-refractivity contribution in [1.82, 2.24) is 9.97 Å². The fourth-order valence-corrected chi connectivity index (χ4v) is 0.443. The van der Waals surface area contributed by atoms with E-state index in [0.717, 1.165) is 0 Å². The summed E-state index contributed by atoms with van der Waals surface area (Å²) in [5, 5.41) is 0. The van der Waals surface area contributed by atoms with Gasteiger partial charge in [0.1, 0.15) is 0 Å². The maximum absolute atomic E-state index is 9.75. The molecular weight excluding hydrogens is 134 g/mol. The van der Waals surface area contributed by atoms with Crippen molar-refractivity contribution in [3.63, 3.8) is 0 Å². The Morgan fingerprint density at radius 2 is 2.10 bits per heavy atom. The number of hydrogen-bond donors (Lipinski definition) is 1. The van der Waals surface area contributed by atoms with Crippen molar-refractivity contribution in [1.29, 1.82) is 0 Å². The predicted molar refractivity (Wildman–Crippen MR) is 33.1 cm³/mol. The van der Waals surface area contributed by atoms with E-state index in [1.54, 1.807) is 0 Å². The zero-order chi connectivity index (χ0) is 7.40. The summed E-state index contributed by atoms with van der Waals surface area (Å²) in [5.41, 5.74) is 5.16. The number of ether oxygens (including phenoxy) is 1. The van der Waals surface area contributed by atoms with Crippen LogP contribution in [-0.4, -0.2) is 16.4 Å². The number of aromatic nitrogens is 2. The highest BCUT2D eigenvalue weighted by atomic mass is 16.5. The van der Waals surface area contributed by atoms with E-state index in [2.05, 4.69) is 14.7 Å². The van der Waals surface area contributed by atoms with Crippen molar-refractivity contribution < 1.29 is 9.53 Å². The lowest BCUT2D eigenvalue weighted by molar-refractivity contribution is -0.120. The quantitative estimate of drug-likeness (QED) is 0.563. The van der Waals surface area contributed by atoms with Crippen molar-refractivity contribution in [2.75, 3.05) is 5.73 Å². The molecule has 0 unspecified atom stereocenters. The molecule has 0 saturated heterocycles. The normalized spacial score (nSPS) is 8.80. The molecule has 0 atom stereocenters. The van der Waals surface area contributed by atoms with Crippen LogP contribution in [0.1, 0.15) is 0 Å². The zero-order valence-corrected chi connectivity index (χ0v) is 5.02. The summed E-state index contributed by atoms with van der Waals surface area (Å²) in [6.07, 6.45) is 2.63. The van der Waals surface area contributed by atoms with Gasteiger partial charge >= 0.3 is 0 Å². The SMILES string of the molecule is Nc1ncc(OC=O)cn1. The monoisotopic (exact) mass is 139 g/mol. The summed E-state index contributed by atoms with van der Waals surface area (Å²) in [7, 11) is 0. The second kappa shape index (κ2) is 2.77. The van der Waals surface area contributed by atoms with E-state index in [-0.39, 0.29) is 11.7 Å². The molecule has 1 aromatic rings. The Kier molecular flexibility index (Phi) is 1.79. The van der Waals surface area contributed by atoms with Crippen molar-refractivity contribution in [3.05, 3.63) is 12.4 Å². The van der Waals surface area contributed by atoms with E-state index in [1.165, 1.54) is 12.4 Å². The molecule has 0 spiro atoms. The van der Waals surface area contributed by atoms with E-state index >= 15 is 0 Å². The van der Waals surface area contributed by atoms with E-state index in [9.17, 15) is 4.79 Å². The molecular formula is C5H5N3O2. The Morgan fingerprint density at radius 3 is 2.60 bits per heavy atom. The molecule has 5 nitrogen and oxygen atoms in total. The van der Waals surface area contributed by atoms with Gasteiger partial charge in [0, 0.05) is 0 Å². The Labute approximate surface area is 56.9 Å². The molecule has 0 aromatic carbocycles. The lowest BCUT2D eigenvalue weighted by Gasteiger charge is -1.93. The molecule has 5 heteroatoms. The molecule has 2 N–H and O–H groups in total. The van der Waals surface area contributed by atoms with Gasteiger partial charge < -0.3 is 10.5 Å². The van der Waals surface area contributed by atoms with Crippen LogP contribution in [0.4, 0.5) is 5.95 Å². The average Bonchev–Trinajstić information content (AvgIpc) is 1.95. The number of hydrogen-bond acceptors (Lipinski definition) is 5. The van der Waals surface area contributed by atoms with Crippen LogP contribution in [0, 0.1) is 0 Å². The molecule has 0 bridgehead atoms. The van der Waals surface area contributed by atoms with Crippen LogP contribution in [0.15, 0.2) is 12.4 Å². The van der Waals surface area contributed by atoms with Gasteiger partial charge in [-0.1, -0.05) is 0 Å². The fraction of sp³-hybridized carbons (Fsp3) is 0. The van der Waals surface area contributed by atoms with Crippen LogP contribution in [-0.2, 0) is 4.79 Å². The van der Waals surface area contributed by atoms with Gasteiger partial charge in [0.15, 0.2) is 5.75 Å². The average molecular weight is 139 g/mol. The number of nitrogens with two attached hydrogens (primary N) is 1. The molecule has 0 fully saturated rings. The summed E-state index contributed by atoms with van der Waals surface area (Å²) < 4.78 is 4.40. The topological polar surface area (TPSA) is 78.1 Å². The Hall–Kier alpha value is -1.65. The second-order valence-electron chi connectivity index (χ2n) is 1.49. The molecule has 1 rings (SSSR count). The maximum atomic E-state index is 9.75. The van der Waals surface area contributed by atoms with Crippen LogP contribution >= 0.6 is 0 Å². The van der Waals surface area contributed by atoms with E-state index in [4.69, 9.17) is 5.73 Å². The zero-order valence-electron chi connectivity index (χ0n) is 5.02. The number of carbonyl (C=O) groups excluding carboxylic acids is 1. The molecule has 1 heterocycles. The number of anilines is 1. The molecule has 0 saturated carbocycles. The van der Waals surface area contributed by atoms with Gasteiger partial charge in [-0.15, -0.1) is 0 Å². The smallest absolute Gasteiger partial charge is 0.298 e. The molecule has 1 aromatic heterocycles. The summed E-state index contributed by atoms with van der Waals surface area (Å²) in [6, 6.07) is 0. The van der Waals surface area contributed by atoms with Crippen LogP contribution < -0.4 is 10.5 Å². The Bertz CT molecular complexity index is 221. The van der Waals surface area contributed by atoms with E-state index in [0.29, 0.717) is 6.47 Å². The second-order valence-corrected chi connectivity index (χ2v) is 1.49. The minimum atomic E-state index is 0.151. The first-order valence-corrected chi connectivity index (χ1v) is 2.51.